The van der Waals surface area contributed by atoms with Gasteiger partial charge in [0.05, 0.1) is 29.7 Å². The van der Waals surface area contributed by atoms with E-state index in [2.05, 4.69) is 0 Å². The van der Waals surface area contributed by atoms with Gasteiger partial charge in [-0.15, -0.1) is 0 Å². The molecule has 1 saturated heterocycles. The monoisotopic (exact) mass is 445 g/mol. The molecule has 0 aliphatic carbocycles. The molecule has 1 aliphatic rings. The van der Waals surface area contributed by atoms with Crippen molar-refractivity contribution in [2.75, 3.05) is 20.2 Å². The van der Waals surface area contributed by atoms with E-state index in [1.54, 1.807) is 11.0 Å². The van der Waals surface area contributed by atoms with Crippen molar-refractivity contribution in [1.82, 2.24) is 4.90 Å². The highest BCUT2D eigenvalue weighted by Gasteiger charge is 2.36. The molecular weight excluding hydrogens is 426 g/mol. The zero-order valence-electron chi connectivity index (χ0n) is 16.0. The van der Waals surface area contributed by atoms with Gasteiger partial charge < -0.3 is 9.84 Å². The average Bonchev–Trinajstić information content (AvgIpc) is 2.69. The lowest BCUT2D eigenvalue weighted by Gasteiger charge is -2.38. The van der Waals surface area contributed by atoms with Crippen molar-refractivity contribution >= 4 is 17.6 Å². The maximum Gasteiger partial charge on any atom is 0.417 e. The molecule has 2 unspecified atom stereocenters. The fourth-order valence-electron chi connectivity index (χ4n) is 3.84. The van der Waals surface area contributed by atoms with Crippen LogP contribution in [0.2, 0.25) is 5.02 Å². The number of ether oxygens (including phenoxy) is 1. The van der Waals surface area contributed by atoms with E-state index in [1.165, 1.54) is 25.3 Å². The van der Waals surface area contributed by atoms with Crippen LogP contribution in [0, 0.1) is 11.7 Å². The second-order valence-electron chi connectivity index (χ2n) is 7.21. The number of alkyl halides is 3. The highest BCUT2D eigenvalue weighted by molar-refractivity contribution is 6.31. The van der Waals surface area contributed by atoms with Crippen LogP contribution in [-0.2, 0) is 11.0 Å². The number of rotatable bonds is 5. The van der Waals surface area contributed by atoms with Crippen molar-refractivity contribution in [3.8, 4) is 5.75 Å². The first-order valence-corrected chi connectivity index (χ1v) is 9.66. The molecule has 30 heavy (non-hydrogen) atoms. The van der Waals surface area contributed by atoms with Gasteiger partial charge in [-0.05, 0) is 54.8 Å². The van der Waals surface area contributed by atoms with Crippen LogP contribution in [0.5, 0.6) is 5.75 Å². The molecule has 1 aliphatic heterocycles. The molecule has 0 bridgehead atoms. The molecule has 2 aromatic carbocycles. The maximum absolute atomic E-state index is 14.4. The molecule has 3 rings (SSSR count). The lowest BCUT2D eigenvalue weighted by molar-refractivity contribution is -0.143. The van der Waals surface area contributed by atoms with E-state index in [9.17, 15) is 27.5 Å². The number of carboxylic acid groups (broad SMARTS) is 1. The Labute approximate surface area is 176 Å². The van der Waals surface area contributed by atoms with Crippen molar-refractivity contribution in [3.05, 3.63) is 63.9 Å². The molecule has 0 spiro atoms. The SMILES string of the molecule is COc1ccc(C(c2ccc(Cl)c(C(F)(F)F)c2)N2CCCC(C(=O)O)C2)cc1F. The molecule has 0 amide bonds. The number of methoxy groups -OCH3 is 1. The molecule has 162 valence electrons. The maximum atomic E-state index is 14.4. The third kappa shape index (κ3) is 4.70. The molecule has 1 fully saturated rings. The Kier molecular flexibility index (Phi) is 6.57. The normalized spacial score (nSPS) is 18.8. The summed E-state index contributed by atoms with van der Waals surface area (Å²) < 4.78 is 59.6. The van der Waals surface area contributed by atoms with Gasteiger partial charge in [0.15, 0.2) is 11.6 Å². The van der Waals surface area contributed by atoms with E-state index in [4.69, 9.17) is 16.3 Å². The number of hydrogen-bond donors (Lipinski definition) is 1. The quantitative estimate of drug-likeness (QED) is 0.627. The zero-order valence-corrected chi connectivity index (χ0v) is 16.8. The van der Waals surface area contributed by atoms with Gasteiger partial charge in [0.1, 0.15) is 0 Å². The lowest BCUT2D eigenvalue weighted by Crippen LogP contribution is -2.41. The molecule has 0 saturated carbocycles. The fraction of sp³-hybridized carbons (Fsp3) is 0.381. The number of carbonyl (C=O) groups is 1. The standard InChI is InChI=1S/C21H20ClF4NO3/c1-30-18-7-5-13(10-17(18)23)19(27-8-2-3-14(11-27)20(28)29)12-4-6-16(22)15(9-12)21(24,25)26/h4-7,9-10,14,19H,2-3,8,11H2,1H3,(H,28,29). The topological polar surface area (TPSA) is 49.8 Å². The van der Waals surface area contributed by atoms with Gasteiger partial charge in [0, 0.05) is 6.54 Å². The summed E-state index contributed by atoms with van der Waals surface area (Å²) in [7, 11) is 1.31. The van der Waals surface area contributed by atoms with E-state index >= 15 is 0 Å². The number of carboxylic acids is 1. The van der Waals surface area contributed by atoms with Crippen LogP contribution in [-0.4, -0.2) is 36.2 Å². The molecule has 0 radical (unpaired) electrons. The summed E-state index contributed by atoms with van der Waals surface area (Å²) in [5.74, 6) is -2.27. The minimum atomic E-state index is -4.66. The highest BCUT2D eigenvalue weighted by Crippen LogP contribution is 2.40. The third-order valence-corrected chi connectivity index (χ3v) is 5.60. The molecule has 1 N–H and O–H groups in total. The molecule has 1 heterocycles. The average molecular weight is 446 g/mol. The molecule has 2 aromatic rings. The predicted molar refractivity (Wildman–Crippen MR) is 103 cm³/mol. The highest BCUT2D eigenvalue weighted by atomic mass is 35.5. The minimum Gasteiger partial charge on any atom is -0.494 e. The molecule has 4 nitrogen and oxygen atoms in total. The van der Waals surface area contributed by atoms with Gasteiger partial charge in [-0.3, -0.25) is 9.69 Å². The van der Waals surface area contributed by atoms with Crippen molar-refractivity contribution < 1.29 is 32.2 Å². The smallest absolute Gasteiger partial charge is 0.417 e. The van der Waals surface area contributed by atoms with Gasteiger partial charge in [0.25, 0.3) is 0 Å². The molecule has 0 aromatic heterocycles. The second kappa shape index (κ2) is 8.81. The fourth-order valence-corrected chi connectivity index (χ4v) is 4.06. The van der Waals surface area contributed by atoms with E-state index in [-0.39, 0.29) is 17.9 Å². The van der Waals surface area contributed by atoms with Crippen LogP contribution in [0.15, 0.2) is 36.4 Å². The Bertz CT molecular complexity index is 935. The zero-order chi connectivity index (χ0) is 22.1. The Hall–Kier alpha value is -2.32. The summed E-state index contributed by atoms with van der Waals surface area (Å²) in [4.78, 5) is 13.3. The van der Waals surface area contributed by atoms with Crippen LogP contribution in [0.4, 0.5) is 17.6 Å². The van der Waals surface area contributed by atoms with E-state index in [0.717, 1.165) is 12.1 Å². The summed E-state index contributed by atoms with van der Waals surface area (Å²) in [6.45, 7) is 0.601. The largest absolute Gasteiger partial charge is 0.494 e. The number of nitrogens with zero attached hydrogens (tertiary/aromatic N) is 1. The number of halogens is 5. The van der Waals surface area contributed by atoms with Crippen molar-refractivity contribution in [1.29, 1.82) is 0 Å². The van der Waals surface area contributed by atoms with Crippen LogP contribution in [0.1, 0.15) is 35.6 Å². The van der Waals surface area contributed by atoms with Crippen LogP contribution < -0.4 is 4.74 Å². The van der Waals surface area contributed by atoms with Gasteiger partial charge in [-0.1, -0.05) is 23.7 Å². The summed E-state index contributed by atoms with van der Waals surface area (Å²) in [5.41, 5.74) is -0.343. The summed E-state index contributed by atoms with van der Waals surface area (Å²) in [6.07, 6.45) is -3.62. The number of hydrogen-bond acceptors (Lipinski definition) is 3. The van der Waals surface area contributed by atoms with Gasteiger partial charge in [-0.2, -0.15) is 13.2 Å². The van der Waals surface area contributed by atoms with E-state index in [1.807, 2.05) is 0 Å². The Balaban J connectivity index is 2.11. The summed E-state index contributed by atoms with van der Waals surface area (Å²) >= 11 is 5.76. The summed E-state index contributed by atoms with van der Waals surface area (Å²) in [5, 5.41) is 8.97. The number of benzene rings is 2. The van der Waals surface area contributed by atoms with Crippen molar-refractivity contribution in [2.45, 2.75) is 25.1 Å². The minimum absolute atomic E-state index is 0.00615. The Morgan fingerprint density at radius 3 is 2.50 bits per heavy atom. The molecule has 9 heteroatoms. The van der Waals surface area contributed by atoms with Gasteiger partial charge in [-0.25, -0.2) is 4.39 Å². The van der Waals surface area contributed by atoms with Gasteiger partial charge in [0.2, 0.25) is 0 Å². The predicted octanol–water partition coefficient (Wildman–Crippen LogP) is 5.39. The van der Waals surface area contributed by atoms with Crippen LogP contribution in [0.3, 0.4) is 0 Å². The number of aliphatic carboxylic acids is 1. The first-order chi connectivity index (χ1) is 14.1. The lowest BCUT2D eigenvalue weighted by atomic mass is 9.90. The third-order valence-electron chi connectivity index (χ3n) is 5.27. The Morgan fingerprint density at radius 1 is 1.23 bits per heavy atom. The Morgan fingerprint density at radius 2 is 1.90 bits per heavy atom. The van der Waals surface area contributed by atoms with Crippen LogP contribution in [0.25, 0.3) is 0 Å². The van der Waals surface area contributed by atoms with Crippen molar-refractivity contribution in [2.24, 2.45) is 5.92 Å². The second-order valence-corrected chi connectivity index (χ2v) is 7.61. The first-order valence-electron chi connectivity index (χ1n) is 9.28. The summed E-state index contributed by atoms with van der Waals surface area (Å²) in [6, 6.07) is 6.95. The number of likely N-dealkylation sites (tertiary alicyclic amines) is 1. The van der Waals surface area contributed by atoms with E-state index in [0.29, 0.717) is 24.9 Å². The van der Waals surface area contributed by atoms with E-state index < -0.39 is 40.5 Å². The van der Waals surface area contributed by atoms with Crippen molar-refractivity contribution in [3.63, 3.8) is 0 Å². The molecule has 2 atom stereocenters. The first kappa shape index (κ1) is 22.4. The molecular formula is C21H20ClF4NO3. The van der Waals surface area contributed by atoms with Crippen LogP contribution >= 0.6 is 11.6 Å². The van der Waals surface area contributed by atoms with Gasteiger partial charge >= 0.3 is 12.1 Å². The number of piperidine rings is 1.